The van der Waals surface area contributed by atoms with Crippen LogP contribution in [0.2, 0.25) is 0 Å². The van der Waals surface area contributed by atoms with E-state index in [-0.39, 0.29) is 29.6 Å². The molecule has 0 heterocycles. The number of hydrogen-bond donors (Lipinski definition) is 1. The molecular weight excluding hydrogens is 375 g/mol. The van der Waals surface area contributed by atoms with Crippen molar-refractivity contribution in [1.29, 1.82) is 0 Å². The number of aliphatic hydroxyl groups is 1. The van der Waals surface area contributed by atoms with Crippen molar-refractivity contribution in [2.45, 2.75) is 46.3 Å². The minimum atomic E-state index is -4.50. The van der Waals surface area contributed by atoms with Gasteiger partial charge in [0.15, 0.2) is 6.10 Å². The minimum Gasteiger partial charge on any atom is -0.748 e. The maximum absolute atomic E-state index is 11.6. The molecule has 0 aliphatic heterocycles. The maximum Gasteiger partial charge on any atom is 1.00 e. The average Bonchev–Trinajstić information content (AvgIpc) is 2.33. The summed E-state index contributed by atoms with van der Waals surface area (Å²) in [7, 11) is -8.58. The van der Waals surface area contributed by atoms with E-state index in [1.165, 1.54) is 13.8 Å². The largest absolute Gasteiger partial charge is 1.00 e. The fourth-order valence-corrected chi connectivity index (χ4v) is 3.19. The SMILES string of the molecule is CC(C)OC(=O)[C@H](O)C(C)(C)COS(=O)(=O)CCCS(=O)(=O)[O-].[Na+]. The van der Waals surface area contributed by atoms with E-state index in [2.05, 4.69) is 0 Å². The van der Waals surface area contributed by atoms with Gasteiger partial charge >= 0.3 is 35.5 Å². The van der Waals surface area contributed by atoms with E-state index in [0.717, 1.165) is 0 Å². The van der Waals surface area contributed by atoms with Gasteiger partial charge in [0, 0.05) is 11.2 Å². The molecule has 0 saturated heterocycles. The molecule has 0 unspecified atom stereocenters. The number of carbonyl (C=O) groups is 1. The van der Waals surface area contributed by atoms with Gasteiger partial charge in [-0.2, -0.15) is 8.42 Å². The summed E-state index contributed by atoms with van der Waals surface area (Å²) in [6, 6.07) is 0. The van der Waals surface area contributed by atoms with Crippen LogP contribution in [0.3, 0.4) is 0 Å². The van der Waals surface area contributed by atoms with Crippen LogP contribution in [0, 0.1) is 5.41 Å². The van der Waals surface area contributed by atoms with Gasteiger partial charge in [-0.25, -0.2) is 13.2 Å². The summed E-state index contributed by atoms with van der Waals surface area (Å²) in [5.41, 5.74) is -1.25. The molecule has 0 spiro atoms. The molecule has 0 fully saturated rings. The molecular formula is C12H23NaO9S2. The van der Waals surface area contributed by atoms with Crippen LogP contribution in [0.1, 0.15) is 34.1 Å². The number of carbonyl (C=O) groups excluding carboxylic acids is 1. The second-order valence-electron chi connectivity index (χ2n) is 6.02. The molecule has 1 atom stereocenters. The van der Waals surface area contributed by atoms with Crippen LogP contribution >= 0.6 is 0 Å². The summed E-state index contributed by atoms with van der Waals surface area (Å²) >= 11 is 0. The first-order chi connectivity index (χ1) is 10.2. The normalized spacial score (nSPS) is 14.1. The molecule has 0 aromatic carbocycles. The summed E-state index contributed by atoms with van der Waals surface area (Å²) in [6.07, 6.45) is -2.43. The van der Waals surface area contributed by atoms with Crippen LogP contribution in [0.15, 0.2) is 0 Å². The Hall–Kier alpha value is 0.250. The average molecular weight is 398 g/mol. The van der Waals surface area contributed by atoms with E-state index < -0.39 is 68.4 Å². The van der Waals surface area contributed by atoms with Gasteiger partial charge in [0.1, 0.15) is 0 Å². The van der Waals surface area contributed by atoms with Crippen molar-refractivity contribution in [2.75, 3.05) is 18.1 Å². The first-order valence-corrected chi connectivity index (χ1v) is 10.0. The molecule has 0 saturated carbocycles. The Labute approximate surface area is 165 Å². The van der Waals surface area contributed by atoms with Crippen molar-refractivity contribution in [3.05, 3.63) is 0 Å². The Morgan fingerprint density at radius 1 is 1.17 bits per heavy atom. The van der Waals surface area contributed by atoms with Gasteiger partial charge in [-0.3, -0.25) is 4.18 Å². The second-order valence-corrected chi connectivity index (χ2v) is 9.30. The zero-order chi connectivity index (χ0) is 18.5. The Morgan fingerprint density at radius 3 is 2.08 bits per heavy atom. The molecule has 138 valence electrons. The van der Waals surface area contributed by atoms with Gasteiger partial charge < -0.3 is 14.4 Å². The third-order valence-electron chi connectivity index (χ3n) is 2.71. The molecule has 9 nitrogen and oxygen atoms in total. The van der Waals surface area contributed by atoms with Crippen molar-refractivity contribution in [2.24, 2.45) is 5.41 Å². The van der Waals surface area contributed by atoms with E-state index in [4.69, 9.17) is 8.92 Å². The van der Waals surface area contributed by atoms with Crippen LogP contribution in [0.25, 0.3) is 0 Å². The zero-order valence-electron chi connectivity index (χ0n) is 14.5. The first-order valence-electron chi connectivity index (χ1n) is 6.85. The Balaban J connectivity index is 0. The number of aliphatic hydroxyl groups excluding tert-OH is 1. The first kappa shape index (κ1) is 26.5. The molecule has 0 aliphatic rings. The fourth-order valence-electron chi connectivity index (χ4n) is 1.41. The van der Waals surface area contributed by atoms with E-state index in [1.807, 2.05) is 0 Å². The van der Waals surface area contributed by atoms with Gasteiger partial charge in [0.25, 0.3) is 10.1 Å². The molecule has 24 heavy (non-hydrogen) atoms. The zero-order valence-corrected chi connectivity index (χ0v) is 18.1. The van der Waals surface area contributed by atoms with Crippen LogP contribution in [-0.4, -0.2) is 62.8 Å². The molecule has 0 rings (SSSR count). The smallest absolute Gasteiger partial charge is 0.748 e. The second kappa shape index (κ2) is 10.4. The monoisotopic (exact) mass is 398 g/mol. The van der Waals surface area contributed by atoms with E-state index >= 15 is 0 Å². The van der Waals surface area contributed by atoms with E-state index in [1.54, 1.807) is 13.8 Å². The Kier molecular flexibility index (Phi) is 11.5. The van der Waals surface area contributed by atoms with E-state index in [9.17, 15) is 31.3 Å². The fraction of sp³-hybridized carbons (Fsp3) is 0.917. The number of hydrogen-bond acceptors (Lipinski definition) is 9. The number of ether oxygens (including phenoxy) is 1. The van der Waals surface area contributed by atoms with Crippen molar-refractivity contribution in [3.63, 3.8) is 0 Å². The maximum atomic E-state index is 11.6. The van der Waals surface area contributed by atoms with Crippen molar-refractivity contribution >= 4 is 26.2 Å². The van der Waals surface area contributed by atoms with Crippen molar-refractivity contribution < 1.29 is 69.8 Å². The number of esters is 1. The molecule has 0 aliphatic carbocycles. The predicted molar refractivity (Wildman–Crippen MR) is 79.9 cm³/mol. The summed E-state index contributed by atoms with van der Waals surface area (Å²) in [4.78, 5) is 11.6. The third kappa shape index (κ3) is 11.7. The topological polar surface area (TPSA) is 147 Å². The van der Waals surface area contributed by atoms with Crippen LogP contribution in [0.4, 0.5) is 0 Å². The van der Waals surface area contributed by atoms with Crippen LogP contribution in [0.5, 0.6) is 0 Å². The van der Waals surface area contributed by atoms with Gasteiger partial charge in [0.2, 0.25) is 0 Å². The van der Waals surface area contributed by atoms with Crippen LogP contribution in [-0.2, 0) is 34.0 Å². The Morgan fingerprint density at radius 2 is 1.67 bits per heavy atom. The molecule has 12 heteroatoms. The summed E-state index contributed by atoms with van der Waals surface area (Å²) < 4.78 is 64.0. The molecule has 0 bridgehead atoms. The van der Waals surface area contributed by atoms with Gasteiger partial charge in [0.05, 0.1) is 28.6 Å². The summed E-state index contributed by atoms with van der Waals surface area (Å²) in [6.45, 7) is 5.52. The summed E-state index contributed by atoms with van der Waals surface area (Å²) in [5.74, 6) is -2.37. The van der Waals surface area contributed by atoms with Gasteiger partial charge in [-0.05, 0) is 20.3 Å². The van der Waals surface area contributed by atoms with Gasteiger partial charge in [-0.1, -0.05) is 13.8 Å². The molecule has 1 N–H and O–H groups in total. The van der Waals surface area contributed by atoms with E-state index in [0.29, 0.717) is 0 Å². The standard InChI is InChI=1S/C12H24O9S2.Na/c1-9(2)21-11(14)10(13)12(3,4)8-20-23(18,19)7-5-6-22(15,16)17;/h9-10,13H,5-8H2,1-4H3,(H,15,16,17);/q;+1/p-1/t10-;/m0./s1. The van der Waals surface area contributed by atoms with Crippen molar-refractivity contribution in [1.82, 2.24) is 0 Å². The number of rotatable bonds is 10. The predicted octanol–water partition coefficient (Wildman–Crippen LogP) is -3.39. The van der Waals surface area contributed by atoms with Gasteiger partial charge in [-0.15, -0.1) is 0 Å². The third-order valence-corrected chi connectivity index (χ3v) is 4.77. The Bertz CT molecular complexity index is 596. The quantitative estimate of drug-likeness (QED) is 0.172. The minimum absolute atomic E-state index is 0. The molecule has 0 aromatic heterocycles. The molecule has 0 amide bonds. The molecule has 0 aromatic rings. The van der Waals surface area contributed by atoms with Crippen molar-refractivity contribution in [3.8, 4) is 0 Å². The van der Waals surface area contributed by atoms with Crippen LogP contribution < -0.4 is 29.6 Å². The summed E-state index contributed by atoms with van der Waals surface area (Å²) in [5, 5.41) is 9.90. The molecule has 0 radical (unpaired) electrons.